The number of benzene rings is 1. The fourth-order valence-electron chi connectivity index (χ4n) is 3.63. The Labute approximate surface area is 150 Å². The molecule has 5 nitrogen and oxygen atoms in total. The molecule has 128 valence electrons. The Bertz CT molecular complexity index is 846. The average Bonchev–Trinajstić information content (AvgIpc) is 3.06. The third-order valence-corrected chi connectivity index (χ3v) is 5.43. The van der Waals surface area contributed by atoms with Crippen molar-refractivity contribution in [2.24, 2.45) is 11.8 Å². The van der Waals surface area contributed by atoms with Gasteiger partial charge in [0.1, 0.15) is 5.15 Å². The maximum atomic E-state index is 12.7. The molecule has 0 saturated carbocycles. The maximum absolute atomic E-state index is 12.7. The minimum Gasteiger partial charge on any atom is -0.277 e. The van der Waals surface area contributed by atoms with Crippen LogP contribution >= 0.6 is 11.6 Å². The number of nitrogens with zero attached hydrogens (tertiary/aromatic N) is 3. The molecule has 0 spiro atoms. The summed E-state index contributed by atoms with van der Waals surface area (Å²) in [6.45, 7) is 2.03. The molecule has 1 saturated heterocycles. The van der Waals surface area contributed by atoms with E-state index in [1.54, 1.807) is 4.68 Å². The van der Waals surface area contributed by atoms with E-state index in [1.165, 1.54) is 4.90 Å². The number of allylic oxidation sites excluding steroid dienone is 2. The van der Waals surface area contributed by atoms with Crippen molar-refractivity contribution in [2.45, 2.75) is 26.3 Å². The van der Waals surface area contributed by atoms with Crippen LogP contribution in [0.15, 0.2) is 42.5 Å². The second-order valence-corrected chi connectivity index (χ2v) is 6.88. The number of hydrogen-bond donors (Lipinski definition) is 0. The van der Waals surface area contributed by atoms with Crippen LogP contribution in [0, 0.1) is 18.8 Å². The van der Waals surface area contributed by atoms with E-state index < -0.39 is 0 Å². The van der Waals surface area contributed by atoms with Gasteiger partial charge in [-0.15, -0.1) is 0 Å². The van der Waals surface area contributed by atoms with E-state index in [0.717, 1.165) is 16.9 Å². The van der Waals surface area contributed by atoms with Crippen LogP contribution in [0.2, 0.25) is 5.15 Å². The lowest BCUT2D eigenvalue weighted by atomic mass is 9.85. The first-order chi connectivity index (χ1) is 12.1. The first-order valence-electron chi connectivity index (χ1n) is 8.37. The molecule has 2 aromatic rings. The van der Waals surface area contributed by atoms with Gasteiger partial charge in [-0.3, -0.25) is 14.5 Å². The summed E-state index contributed by atoms with van der Waals surface area (Å²) in [5.41, 5.74) is 2.29. The maximum Gasteiger partial charge on any atom is 0.233 e. The molecule has 4 rings (SSSR count). The van der Waals surface area contributed by atoms with Crippen molar-refractivity contribution in [3.8, 4) is 5.69 Å². The Morgan fingerprint density at radius 2 is 1.68 bits per heavy atom. The summed E-state index contributed by atoms with van der Waals surface area (Å²) in [5, 5.41) is 4.93. The highest BCUT2D eigenvalue weighted by Crippen LogP contribution is 2.37. The molecule has 0 N–H and O–H groups in total. The van der Waals surface area contributed by atoms with Crippen LogP contribution < -0.4 is 0 Å². The van der Waals surface area contributed by atoms with E-state index in [2.05, 4.69) is 5.10 Å². The zero-order valence-corrected chi connectivity index (χ0v) is 14.6. The fourth-order valence-corrected chi connectivity index (χ4v) is 3.97. The van der Waals surface area contributed by atoms with Gasteiger partial charge in [0.15, 0.2) is 0 Å². The normalized spacial score (nSPS) is 22.6. The molecule has 1 fully saturated rings. The monoisotopic (exact) mass is 355 g/mol. The van der Waals surface area contributed by atoms with Crippen LogP contribution in [0.1, 0.15) is 24.1 Å². The van der Waals surface area contributed by atoms with Crippen LogP contribution in [0.3, 0.4) is 0 Å². The lowest BCUT2D eigenvalue weighted by molar-refractivity contribution is -0.140. The smallest absolute Gasteiger partial charge is 0.233 e. The zero-order valence-electron chi connectivity index (χ0n) is 13.9. The molecular weight excluding hydrogens is 338 g/mol. The number of halogens is 1. The molecule has 1 aromatic heterocycles. The molecular formula is C19H18ClN3O2. The topological polar surface area (TPSA) is 55.2 Å². The summed E-state index contributed by atoms with van der Waals surface area (Å²) in [4.78, 5) is 26.7. The van der Waals surface area contributed by atoms with Crippen molar-refractivity contribution in [3.05, 3.63) is 58.9 Å². The molecule has 0 radical (unpaired) electrons. The molecule has 1 aromatic carbocycles. The Balaban J connectivity index is 1.65. The highest BCUT2D eigenvalue weighted by atomic mass is 35.5. The predicted molar refractivity (Wildman–Crippen MR) is 94.2 cm³/mol. The van der Waals surface area contributed by atoms with E-state index in [4.69, 9.17) is 11.6 Å². The number of aryl methyl sites for hydroxylation is 1. The van der Waals surface area contributed by atoms with E-state index in [1.807, 2.05) is 49.4 Å². The summed E-state index contributed by atoms with van der Waals surface area (Å²) in [7, 11) is 0. The van der Waals surface area contributed by atoms with E-state index >= 15 is 0 Å². The van der Waals surface area contributed by atoms with Crippen molar-refractivity contribution < 1.29 is 9.59 Å². The largest absolute Gasteiger partial charge is 0.277 e. The van der Waals surface area contributed by atoms with E-state index in [9.17, 15) is 9.59 Å². The van der Waals surface area contributed by atoms with Gasteiger partial charge in [0.05, 0.1) is 29.8 Å². The number of amides is 2. The highest BCUT2D eigenvalue weighted by Gasteiger charge is 2.47. The van der Waals surface area contributed by atoms with Crippen molar-refractivity contribution in [1.82, 2.24) is 14.7 Å². The quantitative estimate of drug-likeness (QED) is 0.627. The minimum absolute atomic E-state index is 0.0951. The Kier molecular flexibility index (Phi) is 3.96. The number of rotatable bonds is 3. The second-order valence-electron chi connectivity index (χ2n) is 6.52. The molecule has 2 heterocycles. The fraction of sp³-hybridized carbons (Fsp3) is 0.316. The van der Waals surface area contributed by atoms with Crippen LogP contribution in [-0.4, -0.2) is 26.5 Å². The molecule has 1 aliphatic heterocycles. The minimum atomic E-state index is -0.222. The van der Waals surface area contributed by atoms with Gasteiger partial charge in [-0.25, -0.2) is 4.68 Å². The molecule has 0 bridgehead atoms. The summed E-state index contributed by atoms with van der Waals surface area (Å²) in [6.07, 6.45) is 5.26. The zero-order chi connectivity index (χ0) is 17.6. The molecule has 2 amide bonds. The van der Waals surface area contributed by atoms with E-state index in [0.29, 0.717) is 18.0 Å². The van der Waals surface area contributed by atoms with Gasteiger partial charge in [-0.1, -0.05) is 42.0 Å². The number of carbonyl (C=O) groups excluding carboxylic acids is 2. The van der Waals surface area contributed by atoms with Crippen molar-refractivity contribution in [2.75, 3.05) is 0 Å². The number of para-hydroxylation sites is 1. The summed E-state index contributed by atoms with van der Waals surface area (Å²) < 4.78 is 1.64. The van der Waals surface area contributed by atoms with Gasteiger partial charge < -0.3 is 0 Å². The lowest BCUT2D eigenvalue weighted by Crippen LogP contribution is -2.30. The summed E-state index contributed by atoms with van der Waals surface area (Å²) in [6, 6.07) is 9.57. The van der Waals surface area contributed by atoms with Crippen LogP contribution in [0.4, 0.5) is 0 Å². The summed E-state index contributed by atoms with van der Waals surface area (Å²) >= 11 is 6.53. The predicted octanol–water partition coefficient (Wildman–Crippen LogP) is 3.29. The van der Waals surface area contributed by atoms with Gasteiger partial charge in [-0.2, -0.15) is 5.10 Å². The average molecular weight is 356 g/mol. The first kappa shape index (κ1) is 16.1. The van der Waals surface area contributed by atoms with Gasteiger partial charge >= 0.3 is 0 Å². The summed E-state index contributed by atoms with van der Waals surface area (Å²) in [5.74, 6) is -0.633. The number of carbonyl (C=O) groups is 2. The van der Waals surface area contributed by atoms with Gasteiger partial charge in [0.2, 0.25) is 11.8 Å². The first-order valence-corrected chi connectivity index (χ1v) is 8.75. The molecule has 6 heteroatoms. The highest BCUT2D eigenvalue weighted by molar-refractivity contribution is 6.30. The number of aromatic nitrogens is 2. The molecule has 1 aliphatic carbocycles. The van der Waals surface area contributed by atoms with Crippen LogP contribution in [0.25, 0.3) is 5.69 Å². The molecule has 2 atom stereocenters. The van der Waals surface area contributed by atoms with Crippen molar-refractivity contribution in [1.29, 1.82) is 0 Å². The third-order valence-electron chi connectivity index (χ3n) is 5.04. The second kappa shape index (κ2) is 6.15. The van der Waals surface area contributed by atoms with Gasteiger partial charge in [-0.05, 0) is 31.9 Å². The van der Waals surface area contributed by atoms with Crippen molar-refractivity contribution in [3.63, 3.8) is 0 Å². The Hall–Kier alpha value is -2.40. The number of imide groups is 1. The van der Waals surface area contributed by atoms with Gasteiger partial charge in [0, 0.05) is 5.56 Å². The van der Waals surface area contributed by atoms with Crippen LogP contribution in [0.5, 0.6) is 0 Å². The SMILES string of the molecule is Cc1nn(-c2ccccc2)c(Cl)c1CN1C(=O)C2CC=CCC2C1=O. The molecule has 2 unspecified atom stereocenters. The van der Waals surface area contributed by atoms with Gasteiger partial charge in [0.25, 0.3) is 0 Å². The molecule has 25 heavy (non-hydrogen) atoms. The standard InChI is InChI=1S/C19H18ClN3O2/c1-12-16(17(20)23(21-12)13-7-3-2-4-8-13)11-22-18(24)14-9-5-6-10-15(14)19(22)25/h2-8,14-15H,9-11H2,1H3. The van der Waals surface area contributed by atoms with Crippen LogP contribution in [-0.2, 0) is 16.1 Å². The third kappa shape index (κ3) is 2.59. The van der Waals surface area contributed by atoms with Crippen molar-refractivity contribution >= 4 is 23.4 Å². The van der Waals surface area contributed by atoms with E-state index in [-0.39, 0.29) is 30.2 Å². The lowest BCUT2D eigenvalue weighted by Gasteiger charge is -2.14. The number of hydrogen-bond acceptors (Lipinski definition) is 3. The molecule has 2 aliphatic rings. The number of likely N-dealkylation sites (tertiary alicyclic amines) is 1. The Morgan fingerprint density at radius 1 is 1.08 bits per heavy atom. The Morgan fingerprint density at radius 3 is 2.28 bits per heavy atom. The number of fused-ring (bicyclic) bond motifs is 1.